The van der Waals surface area contributed by atoms with E-state index in [0.29, 0.717) is 0 Å². The van der Waals surface area contributed by atoms with Crippen molar-refractivity contribution in [3.63, 3.8) is 0 Å². The molecule has 1 amide bonds. The number of carbonyl (C=O) groups is 2. The molecule has 0 aliphatic heterocycles. The Labute approximate surface area is 117 Å². The SMILES string of the molecule is CN(CC(=O)OCC(C)(C)C)C(=O)OCOP(=O)(O)O. The Bertz CT molecular complexity index is 385. The number of hydrogen-bond donors (Lipinski definition) is 2. The molecule has 0 saturated carbocycles. The average Bonchev–Trinajstić information content (AvgIpc) is 2.23. The first-order chi connectivity index (χ1) is 8.91. The second kappa shape index (κ2) is 7.58. The van der Waals surface area contributed by atoms with Crippen molar-refractivity contribution in [1.82, 2.24) is 4.90 Å². The Balaban J connectivity index is 4.01. The van der Waals surface area contributed by atoms with Crippen LogP contribution in [0.1, 0.15) is 20.8 Å². The van der Waals surface area contributed by atoms with Gasteiger partial charge in [0.15, 0.2) is 0 Å². The summed E-state index contributed by atoms with van der Waals surface area (Å²) in [5.74, 6) is -0.615. The number of nitrogens with zero attached hydrogens (tertiary/aromatic N) is 1. The molecule has 0 radical (unpaired) electrons. The van der Waals surface area contributed by atoms with E-state index in [1.54, 1.807) is 0 Å². The first-order valence-corrected chi connectivity index (χ1v) is 7.17. The number of phosphoric acid groups is 1. The first kappa shape index (κ1) is 18.9. The molecule has 0 spiro atoms. The number of likely N-dealkylation sites (N-methyl/N-ethyl adjacent to an activating group) is 1. The van der Waals surface area contributed by atoms with Gasteiger partial charge in [-0.1, -0.05) is 20.8 Å². The van der Waals surface area contributed by atoms with E-state index in [-0.39, 0.29) is 18.6 Å². The molecule has 0 aromatic carbocycles. The summed E-state index contributed by atoms with van der Waals surface area (Å²) in [5, 5.41) is 0. The molecule has 0 rings (SSSR count). The molecule has 0 aliphatic rings. The van der Waals surface area contributed by atoms with E-state index in [0.717, 1.165) is 4.90 Å². The quantitative estimate of drug-likeness (QED) is 0.417. The topological polar surface area (TPSA) is 123 Å². The molecule has 0 heterocycles. The van der Waals surface area contributed by atoms with Gasteiger partial charge >= 0.3 is 19.9 Å². The molecule has 0 bridgehead atoms. The fourth-order valence-electron chi connectivity index (χ4n) is 0.856. The molecular formula is C10H20NO8P. The third-order valence-electron chi connectivity index (χ3n) is 1.75. The van der Waals surface area contributed by atoms with Crippen LogP contribution in [0.25, 0.3) is 0 Å². The van der Waals surface area contributed by atoms with E-state index >= 15 is 0 Å². The summed E-state index contributed by atoms with van der Waals surface area (Å²) in [7, 11) is -3.42. The van der Waals surface area contributed by atoms with Crippen LogP contribution < -0.4 is 0 Å². The molecule has 2 N–H and O–H groups in total. The van der Waals surface area contributed by atoms with Gasteiger partial charge in [0.2, 0.25) is 6.79 Å². The van der Waals surface area contributed by atoms with Gasteiger partial charge in [-0.3, -0.25) is 4.79 Å². The lowest BCUT2D eigenvalue weighted by Crippen LogP contribution is -2.34. The highest BCUT2D eigenvalue weighted by Crippen LogP contribution is 2.35. The predicted octanol–water partition coefficient (Wildman–Crippen LogP) is 0.711. The van der Waals surface area contributed by atoms with Crippen LogP contribution in [0, 0.1) is 5.41 Å². The lowest BCUT2D eigenvalue weighted by molar-refractivity contribution is -0.147. The van der Waals surface area contributed by atoms with Crippen molar-refractivity contribution in [3.05, 3.63) is 0 Å². The Morgan fingerprint density at radius 2 is 1.75 bits per heavy atom. The molecule has 0 aromatic rings. The lowest BCUT2D eigenvalue weighted by Gasteiger charge is -2.20. The summed E-state index contributed by atoms with van der Waals surface area (Å²) < 4.78 is 23.6. The summed E-state index contributed by atoms with van der Waals surface area (Å²) in [4.78, 5) is 40.4. The van der Waals surface area contributed by atoms with Gasteiger partial charge in [0.05, 0.1) is 6.61 Å². The van der Waals surface area contributed by atoms with Crippen molar-refractivity contribution in [3.8, 4) is 0 Å². The van der Waals surface area contributed by atoms with Gasteiger partial charge in [0, 0.05) is 7.05 Å². The Hall–Kier alpha value is -1.15. The largest absolute Gasteiger partial charge is 0.472 e. The van der Waals surface area contributed by atoms with Crippen LogP contribution >= 0.6 is 7.82 Å². The zero-order valence-electron chi connectivity index (χ0n) is 11.9. The van der Waals surface area contributed by atoms with Gasteiger partial charge in [-0.2, -0.15) is 0 Å². The van der Waals surface area contributed by atoms with Crippen LogP contribution in [0.5, 0.6) is 0 Å². The van der Waals surface area contributed by atoms with Crippen LogP contribution in [-0.2, 0) is 23.4 Å². The number of phosphoric ester groups is 1. The van der Waals surface area contributed by atoms with E-state index in [4.69, 9.17) is 14.5 Å². The van der Waals surface area contributed by atoms with E-state index in [2.05, 4.69) is 9.26 Å². The third kappa shape index (κ3) is 10.7. The van der Waals surface area contributed by atoms with Gasteiger partial charge in [0.25, 0.3) is 0 Å². The van der Waals surface area contributed by atoms with Crippen molar-refractivity contribution in [2.45, 2.75) is 20.8 Å². The molecule has 9 nitrogen and oxygen atoms in total. The molecule has 0 saturated heterocycles. The van der Waals surface area contributed by atoms with Gasteiger partial charge in [-0.25, -0.2) is 13.9 Å². The van der Waals surface area contributed by atoms with Crippen molar-refractivity contribution < 1.29 is 37.9 Å². The summed E-state index contributed by atoms with van der Waals surface area (Å²) in [6.07, 6.45) is -0.967. The minimum absolute atomic E-state index is 0.189. The van der Waals surface area contributed by atoms with Crippen molar-refractivity contribution >= 4 is 19.9 Å². The zero-order valence-corrected chi connectivity index (χ0v) is 12.8. The lowest BCUT2D eigenvalue weighted by atomic mass is 9.99. The number of ether oxygens (including phenoxy) is 2. The second-order valence-corrected chi connectivity index (χ2v) is 6.46. The Morgan fingerprint density at radius 3 is 2.20 bits per heavy atom. The van der Waals surface area contributed by atoms with Gasteiger partial charge in [0.1, 0.15) is 6.54 Å². The predicted molar refractivity (Wildman–Crippen MR) is 67.5 cm³/mol. The Morgan fingerprint density at radius 1 is 1.20 bits per heavy atom. The van der Waals surface area contributed by atoms with Gasteiger partial charge in [-0.15, -0.1) is 0 Å². The van der Waals surface area contributed by atoms with E-state index in [1.807, 2.05) is 20.8 Å². The molecule has 10 heteroatoms. The van der Waals surface area contributed by atoms with E-state index in [1.165, 1.54) is 7.05 Å². The van der Waals surface area contributed by atoms with Crippen LogP contribution in [0.3, 0.4) is 0 Å². The molecule has 0 atom stereocenters. The molecule has 0 fully saturated rings. The number of rotatable bonds is 6. The normalized spacial score (nSPS) is 11.9. The molecule has 0 aliphatic carbocycles. The van der Waals surface area contributed by atoms with Crippen molar-refractivity contribution in [2.24, 2.45) is 5.41 Å². The minimum atomic E-state index is -4.70. The highest BCUT2D eigenvalue weighted by molar-refractivity contribution is 7.46. The number of esters is 1. The summed E-state index contributed by atoms with van der Waals surface area (Å²) >= 11 is 0. The molecule has 0 unspecified atom stereocenters. The number of hydrogen-bond acceptors (Lipinski definition) is 6. The maximum Gasteiger partial charge on any atom is 0.472 e. The fourth-order valence-corrected chi connectivity index (χ4v) is 1.05. The monoisotopic (exact) mass is 313 g/mol. The van der Waals surface area contributed by atoms with Crippen molar-refractivity contribution in [1.29, 1.82) is 0 Å². The van der Waals surface area contributed by atoms with Crippen LogP contribution in [0.2, 0.25) is 0 Å². The van der Waals surface area contributed by atoms with Gasteiger partial charge in [-0.05, 0) is 5.41 Å². The average molecular weight is 313 g/mol. The maximum atomic E-state index is 11.4. The summed E-state index contributed by atoms with van der Waals surface area (Å²) in [6, 6.07) is 0. The molecular weight excluding hydrogens is 293 g/mol. The summed E-state index contributed by atoms with van der Waals surface area (Å²) in [6.45, 7) is 4.61. The maximum absolute atomic E-state index is 11.4. The molecule has 0 aromatic heterocycles. The highest BCUT2D eigenvalue weighted by atomic mass is 31.2. The van der Waals surface area contributed by atoms with Crippen molar-refractivity contribution in [2.75, 3.05) is 27.0 Å². The highest BCUT2D eigenvalue weighted by Gasteiger charge is 2.20. The third-order valence-corrected chi connectivity index (χ3v) is 2.19. The Kier molecular flexibility index (Phi) is 7.15. The number of carbonyl (C=O) groups excluding carboxylic acids is 2. The standard InChI is InChI=1S/C10H20NO8P/c1-10(2,3)6-17-8(12)5-11(4)9(13)18-7-19-20(14,15)16/h5-7H2,1-4H3,(H2,14,15,16). The zero-order chi connectivity index (χ0) is 16.0. The molecule has 118 valence electrons. The van der Waals surface area contributed by atoms with E-state index < -0.39 is 26.7 Å². The van der Waals surface area contributed by atoms with Crippen LogP contribution in [0.15, 0.2) is 0 Å². The minimum Gasteiger partial charge on any atom is -0.464 e. The molecule has 20 heavy (non-hydrogen) atoms. The first-order valence-electron chi connectivity index (χ1n) is 5.64. The van der Waals surface area contributed by atoms with Crippen LogP contribution in [0.4, 0.5) is 4.79 Å². The number of amides is 1. The van der Waals surface area contributed by atoms with Gasteiger partial charge < -0.3 is 24.2 Å². The second-order valence-electron chi connectivity index (χ2n) is 5.23. The fraction of sp³-hybridized carbons (Fsp3) is 0.800. The smallest absolute Gasteiger partial charge is 0.464 e. The van der Waals surface area contributed by atoms with E-state index in [9.17, 15) is 14.2 Å². The summed E-state index contributed by atoms with van der Waals surface area (Å²) in [5.41, 5.74) is -0.189. The van der Waals surface area contributed by atoms with Crippen LogP contribution in [-0.4, -0.2) is 53.7 Å².